The quantitative estimate of drug-likeness (QED) is 0.224. The molecule has 1 amide bonds. The normalized spacial score (nSPS) is 16.5. The Balaban J connectivity index is 0.000000324. The number of benzene rings is 2. The minimum atomic E-state index is -4.22. The van der Waals surface area contributed by atoms with Crippen LogP contribution in [-0.2, 0) is 6.18 Å². The van der Waals surface area contributed by atoms with E-state index in [1.54, 1.807) is 43.8 Å². The zero-order valence-electron chi connectivity index (χ0n) is 24.8. The minimum absolute atomic E-state index is 0.288. The van der Waals surface area contributed by atoms with Crippen molar-refractivity contribution >= 4 is 23.2 Å². The fraction of sp³-hybridized carbons (Fsp3) is 0.333. The molecule has 7 nitrogen and oxygen atoms in total. The number of nitrogens with zero attached hydrogens (tertiary/aromatic N) is 4. The van der Waals surface area contributed by atoms with Gasteiger partial charge in [0.15, 0.2) is 0 Å². The van der Waals surface area contributed by atoms with Gasteiger partial charge in [0.1, 0.15) is 0 Å². The molecule has 2 aromatic heterocycles. The first kappa shape index (κ1) is 31.5. The van der Waals surface area contributed by atoms with Crippen LogP contribution in [0, 0.1) is 18.8 Å². The standard InChI is InChI=1S/C25H30N6O.C8H7F3/c1-16(2)10-21-11-17(3)15-31(21)25-28-13-20(14-29-25)24(32)30-23-12-19(4-5-22(23)26)18-6-8-27-9-7-18;1-6-3-2-4-7(5-6)8(9,10)11/h4-9,12-14,16-17,21H,10-11,15,26H2,1-3H3,(H,30,32);2-5H,1H3/t17?,21-;/m1./s1. The lowest BCUT2D eigenvalue weighted by Crippen LogP contribution is -2.32. The monoisotopic (exact) mass is 590 g/mol. The predicted octanol–water partition coefficient (Wildman–Crippen LogP) is 7.65. The molecule has 0 aliphatic carbocycles. The van der Waals surface area contributed by atoms with Crippen LogP contribution in [-0.4, -0.2) is 33.4 Å². The summed E-state index contributed by atoms with van der Waals surface area (Å²) >= 11 is 0. The average molecular weight is 591 g/mol. The number of rotatable bonds is 6. The lowest BCUT2D eigenvalue weighted by Gasteiger charge is -2.25. The van der Waals surface area contributed by atoms with Crippen LogP contribution in [0.5, 0.6) is 0 Å². The zero-order chi connectivity index (χ0) is 31.1. The molecule has 4 aromatic rings. The van der Waals surface area contributed by atoms with Gasteiger partial charge in [-0.3, -0.25) is 9.78 Å². The molecule has 43 heavy (non-hydrogen) atoms. The van der Waals surface area contributed by atoms with Crippen LogP contribution in [0.3, 0.4) is 0 Å². The molecular weight excluding hydrogens is 553 g/mol. The molecule has 0 saturated carbocycles. The van der Waals surface area contributed by atoms with Crippen molar-refractivity contribution < 1.29 is 18.0 Å². The van der Waals surface area contributed by atoms with E-state index in [0.717, 1.165) is 42.6 Å². The molecule has 5 rings (SSSR count). The van der Waals surface area contributed by atoms with Crippen molar-refractivity contribution in [2.75, 3.05) is 22.5 Å². The van der Waals surface area contributed by atoms with Gasteiger partial charge in [-0.05, 0) is 73.1 Å². The molecule has 0 radical (unpaired) electrons. The Bertz CT molecular complexity index is 1510. The second kappa shape index (κ2) is 13.7. The van der Waals surface area contributed by atoms with E-state index in [1.165, 1.54) is 6.07 Å². The third-order valence-corrected chi connectivity index (χ3v) is 7.18. The minimum Gasteiger partial charge on any atom is -0.397 e. The maximum absolute atomic E-state index is 12.8. The Morgan fingerprint density at radius 3 is 2.35 bits per heavy atom. The van der Waals surface area contributed by atoms with Gasteiger partial charge in [-0.2, -0.15) is 13.2 Å². The summed E-state index contributed by atoms with van der Waals surface area (Å²) in [5.41, 5.74) is 9.54. The molecule has 0 bridgehead atoms. The number of aryl methyl sites for hydroxylation is 1. The van der Waals surface area contributed by atoms with Gasteiger partial charge in [0.2, 0.25) is 5.95 Å². The number of amides is 1. The number of nitrogens with one attached hydrogen (secondary N) is 1. The van der Waals surface area contributed by atoms with Crippen LogP contribution in [0.4, 0.5) is 30.5 Å². The summed E-state index contributed by atoms with van der Waals surface area (Å²) in [6.07, 6.45) is 4.70. The zero-order valence-corrected chi connectivity index (χ0v) is 24.8. The summed E-state index contributed by atoms with van der Waals surface area (Å²) in [7, 11) is 0. The Kier molecular flexibility index (Phi) is 10.0. The van der Waals surface area contributed by atoms with E-state index >= 15 is 0 Å². The second-order valence-electron chi connectivity index (χ2n) is 11.4. The van der Waals surface area contributed by atoms with Crippen LogP contribution in [0.1, 0.15) is 55.1 Å². The third kappa shape index (κ3) is 8.53. The van der Waals surface area contributed by atoms with Gasteiger partial charge < -0.3 is 16.0 Å². The van der Waals surface area contributed by atoms with Crippen molar-refractivity contribution in [2.24, 2.45) is 11.8 Å². The van der Waals surface area contributed by atoms with Crippen LogP contribution in [0.2, 0.25) is 0 Å². The summed E-state index contributed by atoms with van der Waals surface area (Å²) < 4.78 is 35.9. The Hall–Kier alpha value is -4.47. The maximum Gasteiger partial charge on any atom is 0.416 e. The van der Waals surface area contributed by atoms with E-state index in [4.69, 9.17) is 5.73 Å². The second-order valence-corrected chi connectivity index (χ2v) is 11.4. The van der Waals surface area contributed by atoms with E-state index in [-0.39, 0.29) is 5.91 Å². The van der Waals surface area contributed by atoms with Gasteiger partial charge in [0.05, 0.1) is 22.5 Å². The molecular formula is C33H37F3N6O. The van der Waals surface area contributed by atoms with E-state index in [9.17, 15) is 18.0 Å². The number of pyridine rings is 1. The van der Waals surface area contributed by atoms with Crippen molar-refractivity contribution in [1.82, 2.24) is 15.0 Å². The fourth-order valence-electron chi connectivity index (χ4n) is 5.15. The molecule has 226 valence electrons. The van der Waals surface area contributed by atoms with Crippen molar-refractivity contribution in [2.45, 2.75) is 52.8 Å². The van der Waals surface area contributed by atoms with Crippen LogP contribution < -0.4 is 16.0 Å². The van der Waals surface area contributed by atoms with E-state index < -0.39 is 11.7 Å². The molecule has 1 aliphatic heterocycles. The van der Waals surface area contributed by atoms with E-state index in [2.05, 4.69) is 45.9 Å². The summed E-state index contributed by atoms with van der Waals surface area (Å²) in [5, 5.41) is 2.89. The smallest absolute Gasteiger partial charge is 0.397 e. The Labute approximate surface area is 250 Å². The highest BCUT2D eigenvalue weighted by molar-refractivity contribution is 6.05. The summed E-state index contributed by atoms with van der Waals surface area (Å²) in [6.45, 7) is 9.33. The number of halogens is 3. The molecule has 3 heterocycles. The van der Waals surface area contributed by atoms with Crippen molar-refractivity contribution in [3.63, 3.8) is 0 Å². The van der Waals surface area contributed by atoms with Gasteiger partial charge >= 0.3 is 6.18 Å². The molecule has 2 atom stereocenters. The first-order chi connectivity index (χ1) is 20.4. The topological polar surface area (TPSA) is 97.0 Å². The maximum atomic E-state index is 12.8. The number of carbonyl (C=O) groups is 1. The number of aromatic nitrogens is 3. The first-order valence-electron chi connectivity index (χ1n) is 14.2. The SMILES string of the molecule is CC(C)C[C@@H]1CC(C)CN1c1ncc(C(=O)Nc2cc(-c3ccncc3)ccc2N)cn1.Cc1cccc(C(F)(F)F)c1. The number of carbonyl (C=O) groups excluding carboxylic acids is 1. The third-order valence-electron chi connectivity index (χ3n) is 7.18. The van der Waals surface area contributed by atoms with Crippen LogP contribution in [0.25, 0.3) is 11.1 Å². The average Bonchev–Trinajstić information content (AvgIpc) is 3.33. The number of alkyl halides is 3. The highest BCUT2D eigenvalue weighted by atomic mass is 19.4. The number of nitrogens with two attached hydrogens (primary N) is 1. The van der Waals surface area contributed by atoms with Gasteiger partial charge in [0, 0.05) is 37.4 Å². The van der Waals surface area contributed by atoms with Crippen LogP contribution >= 0.6 is 0 Å². The summed E-state index contributed by atoms with van der Waals surface area (Å²) in [6, 6.07) is 15.1. The lowest BCUT2D eigenvalue weighted by atomic mass is 9.99. The largest absolute Gasteiger partial charge is 0.416 e. The van der Waals surface area contributed by atoms with Crippen molar-refractivity contribution in [3.05, 3.63) is 96.1 Å². The molecule has 1 saturated heterocycles. The molecule has 1 fully saturated rings. The first-order valence-corrected chi connectivity index (χ1v) is 14.2. The summed E-state index contributed by atoms with van der Waals surface area (Å²) in [5.74, 6) is 1.63. The molecule has 10 heteroatoms. The van der Waals surface area contributed by atoms with Crippen LogP contribution in [0.15, 0.2) is 79.4 Å². The number of nitrogen functional groups attached to an aromatic ring is 1. The van der Waals surface area contributed by atoms with Gasteiger partial charge in [-0.15, -0.1) is 0 Å². The highest BCUT2D eigenvalue weighted by Gasteiger charge is 2.32. The van der Waals surface area contributed by atoms with E-state index in [0.29, 0.717) is 46.3 Å². The molecule has 3 N–H and O–H groups in total. The summed E-state index contributed by atoms with van der Waals surface area (Å²) in [4.78, 5) is 28.2. The predicted molar refractivity (Wildman–Crippen MR) is 165 cm³/mol. The van der Waals surface area contributed by atoms with Gasteiger partial charge in [0.25, 0.3) is 5.91 Å². The van der Waals surface area contributed by atoms with Gasteiger partial charge in [-0.1, -0.05) is 50.6 Å². The van der Waals surface area contributed by atoms with Crippen molar-refractivity contribution in [1.29, 1.82) is 0 Å². The van der Waals surface area contributed by atoms with Crippen molar-refractivity contribution in [3.8, 4) is 11.1 Å². The highest BCUT2D eigenvalue weighted by Crippen LogP contribution is 2.31. The number of anilines is 3. The Morgan fingerprint density at radius 1 is 1.05 bits per heavy atom. The Morgan fingerprint density at radius 2 is 1.74 bits per heavy atom. The number of hydrogen-bond acceptors (Lipinski definition) is 6. The molecule has 2 aromatic carbocycles. The molecule has 1 aliphatic rings. The van der Waals surface area contributed by atoms with Gasteiger partial charge in [-0.25, -0.2) is 9.97 Å². The van der Waals surface area contributed by atoms with E-state index in [1.807, 2.05) is 24.3 Å². The lowest BCUT2D eigenvalue weighted by molar-refractivity contribution is -0.137. The fourth-order valence-corrected chi connectivity index (χ4v) is 5.15. The molecule has 1 unspecified atom stereocenters. The molecule has 0 spiro atoms. The number of hydrogen-bond donors (Lipinski definition) is 2.